The molecule has 1 amide bonds. The van der Waals surface area contributed by atoms with Gasteiger partial charge in [0.05, 0.1) is 11.4 Å². The molecule has 2 aromatic heterocycles. The van der Waals surface area contributed by atoms with Crippen LogP contribution in [0, 0.1) is 0 Å². The van der Waals surface area contributed by atoms with Crippen LogP contribution in [0.25, 0.3) is 10.7 Å². The maximum absolute atomic E-state index is 12.5. The number of hydrogen-bond acceptors (Lipinski definition) is 7. The molecule has 2 aliphatic rings. The summed E-state index contributed by atoms with van der Waals surface area (Å²) in [5.41, 5.74) is -0.463. The third-order valence-corrected chi connectivity index (χ3v) is 6.13. The van der Waals surface area contributed by atoms with Gasteiger partial charge in [-0.2, -0.15) is 4.98 Å². The number of amides is 1. The van der Waals surface area contributed by atoms with Crippen LogP contribution in [0.4, 0.5) is 4.79 Å². The highest BCUT2D eigenvalue weighted by atomic mass is 32.1. The number of piperidine rings is 1. The monoisotopic (exact) mass is 390 g/mol. The average molecular weight is 391 g/mol. The summed E-state index contributed by atoms with van der Waals surface area (Å²) in [4.78, 5) is 22.3. The van der Waals surface area contributed by atoms with Gasteiger partial charge in [0.25, 0.3) is 0 Å². The lowest BCUT2D eigenvalue weighted by Crippen LogP contribution is -2.67. The molecule has 4 rings (SSSR count). The van der Waals surface area contributed by atoms with Gasteiger partial charge in [-0.3, -0.25) is 4.90 Å². The summed E-state index contributed by atoms with van der Waals surface area (Å²) in [5.74, 6) is 1.28. The molecule has 0 aliphatic carbocycles. The fourth-order valence-corrected chi connectivity index (χ4v) is 4.53. The third kappa shape index (κ3) is 3.87. The molecule has 0 aromatic carbocycles. The summed E-state index contributed by atoms with van der Waals surface area (Å²) in [5, 5.41) is 6.10. The van der Waals surface area contributed by atoms with Crippen molar-refractivity contribution in [1.82, 2.24) is 19.9 Å². The topological polar surface area (TPSA) is 71.7 Å². The predicted molar refractivity (Wildman–Crippen MR) is 102 cm³/mol. The van der Waals surface area contributed by atoms with E-state index in [0.29, 0.717) is 24.8 Å². The Morgan fingerprint density at radius 1 is 1.37 bits per heavy atom. The van der Waals surface area contributed by atoms with Gasteiger partial charge in [-0.25, -0.2) is 4.79 Å². The summed E-state index contributed by atoms with van der Waals surface area (Å²) in [6.45, 7) is 8.78. The number of aromatic nitrogens is 2. The van der Waals surface area contributed by atoms with Gasteiger partial charge in [0.15, 0.2) is 0 Å². The van der Waals surface area contributed by atoms with Crippen LogP contribution in [0.15, 0.2) is 22.0 Å². The lowest BCUT2D eigenvalue weighted by molar-refractivity contribution is -0.0783. The normalized spacial score (nSPS) is 23.4. The van der Waals surface area contributed by atoms with E-state index in [2.05, 4.69) is 15.0 Å². The molecule has 2 fully saturated rings. The highest BCUT2D eigenvalue weighted by molar-refractivity contribution is 7.13. The van der Waals surface area contributed by atoms with Gasteiger partial charge < -0.3 is 14.2 Å². The average Bonchev–Trinajstić information content (AvgIpc) is 3.28. The summed E-state index contributed by atoms with van der Waals surface area (Å²) in [6, 6.07) is 3.97. The molecule has 2 saturated heterocycles. The minimum atomic E-state index is -0.469. The van der Waals surface area contributed by atoms with Crippen LogP contribution in [0.5, 0.6) is 0 Å². The summed E-state index contributed by atoms with van der Waals surface area (Å²) in [6.07, 6.45) is 2.93. The minimum Gasteiger partial charge on any atom is -0.444 e. The summed E-state index contributed by atoms with van der Waals surface area (Å²) < 4.78 is 11.0. The Morgan fingerprint density at radius 3 is 2.89 bits per heavy atom. The van der Waals surface area contributed by atoms with Crippen LogP contribution in [-0.4, -0.2) is 56.8 Å². The van der Waals surface area contributed by atoms with Gasteiger partial charge in [0.1, 0.15) is 5.60 Å². The lowest BCUT2D eigenvalue weighted by atomic mass is 9.77. The van der Waals surface area contributed by atoms with Crippen molar-refractivity contribution < 1.29 is 14.1 Å². The zero-order chi connectivity index (χ0) is 19.1. The third-order valence-electron chi connectivity index (χ3n) is 5.26. The van der Waals surface area contributed by atoms with Gasteiger partial charge in [-0.15, -0.1) is 11.3 Å². The van der Waals surface area contributed by atoms with Crippen LogP contribution in [-0.2, 0) is 11.3 Å². The molecule has 7 nitrogen and oxygen atoms in total. The number of nitrogens with zero attached hydrogens (tertiary/aromatic N) is 4. The fourth-order valence-electron chi connectivity index (χ4n) is 3.88. The molecule has 2 aromatic rings. The number of thiophene rings is 1. The first-order chi connectivity index (χ1) is 12.8. The number of rotatable bonds is 3. The zero-order valence-corrected chi connectivity index (χ0v) is 16.9. The van der Waals surface area contributed by atoms with Crippen LogP contribution in [0.1, 0.15) is 45.9 Å². The molecule has 27 heavy (non-hydrogen) atoms. The van der Waals surface area contributed by atoms with Crippen LogP contribution >= 0.6 is 11.3 Å². The van der Waals surface area contributed by atoms with Crippen molar-refractivity contribution >= 4 is 17.4 Å². The Balaban J connectivity index is 1.41. The van der Waals surface area contributed by atoms with Crippen LogP contribution in [0.3, 0.4) is 0 Å². The first-order valence-corrected chi connectivity index (χ1v) is 10.3. The highest BCUT2D eigenvalue weighted by Gasteiger charge is 2.49. The molecule has 8 heteroatoms. The fraction of sp³-hybridized carbons (Fsp3) is 0.632. The number of likely N-dealkylation sites (tertiary alicyclic amines) is 2. The zero-order valence-electron chi connectivity index (χ0n) is 16.1. The van der Waals surface area contributed by atoms with Crippen molar-refractivity contribution in [3.05, 3.63) is 23.4 Å². The van der Waals surface area contributed by atoms with E-state index < -0.39 is 5.60 Å². The van der Waals surface area contributed by atoms with E-state index in [4.69, 9.17) is 9.26 Å². The highest BCUT2D eigenvalue weighted by Crippen LogP contribution is 2.40. The van der Waals surface area contributed by atoms with E-state index in [9.17, 15) is 4.79 Å². The molecule has 0 N–H and O–H groups in total. The Morgan fingerprint density at radius 2 is 2.22 bits per heavy atom. The van der Waals surface area contributed by atoms with E-state index >= 15 is 0 Å². The van der Waals surface area contributed by atoms with Crippen molar-refractivity contribution in [3.63, 3.8) is 0 Å². The van der Waals surface area contributed by atoms with Crippen molar-refractivity contribution in [2.24, 2.45) is 0 Å². The van der Waals surface area contributed by atoms with Gasteiger partial charge in [0, 0.05) is 25.2 Å². The standard InChI is InChI=1S/C19H26N4O3S/c1-18(2,3)25-17(24)22-9-5-7-19(13-22)8-10-23(19)12-15-20-16(21-26-15)14-6-4-11-27-14/h4,6,11H,5,7-10,12-13H2,1-3H3. The number of carbonyl (C=O) groups is 1. The van der Waals surface area contributed by atoms with E-state index in [-0.39, 0.29) is 11.6 Å². The van der Waals surface area contributed by atoms with Crippen molar-refractivity contribution in [2.75, 3.05) is 19.6 Å². The second-order valence-corrected chi connectivity index (χ2v) is 9.34. The van der Waals surface area contributed by atoms with Gasteiger partial charge in [-0.05, 0) is 51.5 Å². The molecule has 146 valence electrons. The Kier molecular flexibility index (Phi) is 4.71. The SMILES string of the molecule is CC(C)(C)OC(=O)N1CCCC2(CCN2Cc2nc(-c3cccs3)no2)C1. The minimum absolute atomic E-state index is 0.00667. The van der Waals surface area contributed by atoms with Crippen LogP contribution < -0.4 is 0 Å². The predicted octanol–water partition coefficient (Wildman–Crippen LogP) is 3.77. The molecule has 1 unspecified atom stereocenters. The van der Waals surface area contributed by atoms with E-state index in [1.807, 2.05) is 43.2 Å². The summed E-state index contributed by atoms with van der Waals surface area (Å²) >= 11 is 1.60. The molecular weight excluding hydrogens is 364 g/mol. The van der Waals surface area contributed by atoms with E-state index in [0.717, 1.165) is 37.2 Å². The molecular formula is C19H26N4O3S. The van der Waals surface area contributed by atoms with Gasteiger partial charge in [0.2, 0.25) is 11.7 Å². The number of hydrogen-bond donors (Lipinski definition) is 0. The van der Waals surface area contributed by atoms with E-state index in [1.54, 1.807) is 11.3 Å². The van der Waals surface area contributed by atoms with Crippen molar-refractivity contribution in [2.45, 2.75) is 57.7 Å². The van der Waals surface area contributed by atoms with E-state index in [1.165, 1.54) is 0 Å². The Hall–Kier alpha value is -1.93. The first-order valence-electron chi connectivity index (χ1n) is 9.44. The number of ether oxygens (including phenoxy) is 1. The first kappa shape index (κ1) is 18.4. The second-order valence-electron chi connectivity index (χ2n) is 8.39. The van der Waals surface area contributed by atoms with Gasteiger partial charge >= 0.3 is 6.09 Å². The molecule has 4 heterocycles. The quantitative estimate of drug-likeness (QED) is 0.794. The molecule has 1 atom stereocenters. The second kappa shape index (κ2) is 6.91. The maximum Gasteiger partial charge on any atom is 0.410 e. The smallest absolute Gasteiger partial charge is 0.410 e. The molecule has 0 saturated carbocycles. The van der Waals surface area contributed by atoms with Crippen molar-refractivity contribution in [3.8, 4) is 10.7 Å². The molecule has 0 radical (unpaired) electrons. The Labute approximate surface area is 163 Å². The molecule has 1 spiro atoms. The molecule has 2 aliphatic heterocycles. The molecule has 0 bridgehead atoms. The van der Waals surface area contributed by atoms with Crippen LogP contribution in [0.2, 0.25) is 0 Å². The maximum atomic E-state index is 12.5. The summed E-state index contributed by atoms with van der Waals surface area (Å²) in [7, 11) is 0. The van der Waals surface area contributed by atoms with Crippen molar-refractivity contribution in [1.29, 1.82) is 0 Å². The Bertz CT molecular complexity index is 798. The largest absolute Gasteiger partial charge is 0.444 e. The van der Waals surface area contributed by atoms with Gasteiger partial charge in [-0.1, -0.05) is 11.2 Å². The lowest BCUT2D eigenvalue weighted by Gasteiger charge is -2.56. The number of carbonyl (C=O) groups excluding carboxylic acids is 1.